The maximum absolute atomic E-state index is 4.90. The van der Waals surface area contributed by atoms with Crippen molar-refractivity contribution in [2.24, 2.45) is 0 Å². The Labute approximate surface area is 76.6 Å². The number of para-hydroxylation sites is 2. The molecule has 0 aliphatic rings. The molecule has 2 N–H and O–H groups in total. The van der Waals surface area contributed by atoms with Crippen molar-refractivity contribution < 1.29 is 0 Å². The zero-order chi connectivity index (χ0) is 8.97. The van der Waals surface area contributed by atoms with E-state index >= 15 is 0 Å². The third-order valence-corrected chi connectivity index (χ3v) is 1.63. The first-order valence-electron chi connectivity index (χ1n) is 4.03. The van der Waals surface area contributed by atoms with Crippen LogP contribution in [-0.2, 0) is 0 Å². The quantitative estimate of drug-likeness (QED) is 0.599. The van der Waals surface area contributed by atoms with Gasteiger partial charge in [0.1, 0.15) is 0 Å². The number of aromatic nitrogens is 2. The summed E-state index contributed by atoms with van der Waals surface area (Å²) in [6, 6.07) is 7.92. The van der Waals surface area contributed by atoms with Gasteiger partial charge >= 0.3 is 0 Å². The largest absolute Gasteiger partial charge is 0.331 e. The summed E-state index contributed by atoms with van der Waals surface area (Å²) in [5.74, 6) is 0. The van der Waals surface area contributed by atoms with Crippen molar-refractivity contribution in [1.82, 2.24) is 9.97 Å². The average Bonchev–Trinajstić information content (AvgIpc) is 2.48. The van der Waals surface area contributed by atoms with Crippen LogP contribution in [0.3, 0.4) is 0 Å². The SMILES string of the molecule is CC.S=c1[nH]c2ccccc2[nH]1. The highest BCUT2D eigenvalue weighted by molar-refractivity contribution is 7.71. The van der Waals surface area contributed by atoms with Crippen LogP contribution < -0.4 is 0 Å². The van der Waals surface area contributed by atoms with E-state index in [1.807, 2.05) is 38.1 Å². The number of H-pyrrole nitrogens is 2. The Morgan fingerprint density at radius 1 is 1.00 bits per heavy atom. The van der Waals surface area contributed by atoms with Gasteiger partial charge < -0.3 is 9.97 Å². The smallest absolute Gasteiger partial charge is 0.175 e. The van der Waals surface area contributed by atoms with E-state index < -0.39 is 0 Å². The Balaban J connectivity index is 0.000000336. The second-order valence-electron chi connectivity index (χ2n) is 2.12. The monoisotopic (exact) mass is 180 g/mol. The molecule has 2 rings (SSSR count). The Morgan fingerprint density at radius 2 is 1.42 bits per heavy atom. The molecule has 0 unspecified atom stereocenters. The Bertz CT molecular complexity index is 364. The maximum atomic E-state index is 4.90. The molecular weight excluding hydrogens is 168 g/mol. The fraction of sp³-hybridized carbons (Fsp3) is 0.222. The van der Waals surface area contributed by atoms with Gasteiger partial charge in [-0.1, -0.05) is 26.0 Å². The number of aromatic amines is 2. The van der Waals surface area contributed by atoms with Gasteiger partial charge in [0.15, 0.2) is 4.77 Å². The second-order valence-corrected chi connectivity index (χ2v) is 2.53. The van der Waals surface area contributed by atoms with Crippen LogP contribution >= 0.6 is 12.2 Å². The first-order chi connectivity index (χ1) is 5.86. The minimum absolute atomic E-state index is 0.682. The van der Waals surface area contributed by atoms with Crippen molar-refractivity contribution in [1.29, 1.82) is 0 Å². The van der Waals surface area contributed by atoms with Crippen molar-refractivity contribution in [2.45, 2.75) is 13.8 Å². The molecule has 0 bridgehead atoms. The molecule has 0 spiro atoms. The summed E-state index contributed by atoms with van der Waals surface area (Å²) in [6.07, 6.45) is 0. The Kier molecular flexibility index (Phi) is 3.05. The summed E-state index contributed by atoms with van der Waals surface area (Å²) >= 11 is 4.90. The average molecular weight is 180 g/mol. The number of imidazole rings is 1. The molecule has 3 heteroatoms. The Morgan fingerprint density at radius 3 is 1.83 bits per heavy atom. The highest BCUT2D eigenvalue weighted by atomic mass is 32.1. The number of benzene rings is 1. The zero-order valence-electron chi connectivity index (χ0n) is 7.22. The van der Waals surface area contributed by atoms with Gasteiger partial charge in [-0.3, -0.25) is 0 Å². The lowest BCUT2D eigenvalue weighted by Gasteiger charge is -1.82. The van der Waals surface area contributed by atoms with E-state index in [1.165, 1.54) is 0 Å². The zero-order valence-corrected chi connectivity index (χ0v) is 8.03. The molecule has 0 atom stereocenters. The van der Waals surface area contributed by atoms with Gasteiger partial charge in [0.05, 0.1) is 11.0 Å². The van der Waals surface area contributed by atoms with Gasteiger partial charge in [-0.2, -0.15) is 0 Å². The van der Waals surface area contributed by atoms with Crippen molar-refractivity contribution in [3.8, 4) is 0 Å². The highest BCUT2D eigenvalue weighted by Gasteiger charge is 1.90. The van der Waals surface area contributed by atoms with Gasteiger partial charge in [-0.15, -0.1) is 0 Å². The second kappa shape index (κ2) is 4.07. The topological polar surface area (TPSA) is 31.6 Å². The fourth-order valence-electron chi connectivity index (χ4n) is 0.977. The van der Waals surface area contributed by atoms with Crippen LogP contribution in [0.25, 0.3) is 11.0 Å². The van der Waals surface area contributed by atoms with Crippen molar-refractivity contribution in [3.05, 3.63) is 29.0 Å². The molecule has 1 aromatic heterocycles. The molecule has 0 saturated heterocycles. The minimum atomic E-state index is 0.682. The van der Waals surface area contributed by atoms with Crippen LogP contribution in [0.1, 0.15) is 13.8 Å². The number of rotatable bonds is 0. The third kappa shape index (κ3) is 1.74. The standard InChI is InChI=1S/C7H6N2S.C2H6/c10-7-8-5-3-1-2-4-6(5)9-7;1-2/h1-4H,(H2,8,9,10);1-2H3. The van der Waals surface area contributed by atoms with E-state index in [9.17, 15) is 0 Å². The van der Waals surface area contributed by atoms with E-state index in [4.69, 9.17) is 12.2 Å². The first-order valence-corrected chi connectivity index (χ1v) is 4.44. The molecule has 0 aliphatic heterocycles. The van der Waals surface area contributed by atoms with Crippen LogP contribution in [0.5, 0.6) is 0 Å². The normalized spacial score (nSPS) is 9.17. The van der Waals surface area contributed by atoms with E-state index in [0.29, 0.717) is 4.77 Å². The van der Waals surface area contributed by atoms with Gasteiger partial charge in [0, 0.05) is 0 Å². The molecule has 12 heavy (non-hydrogen) atoms. The summed E-state index contributed by atoms with van der Waals surface area (Å²) in [5.41, 5.74) is 2.13. The van der Waals surface area contributed by atoms with Crippen LogP contribution in [0.15, 0.2) is 24.3 Å². The van der Waals surface area contributed by atoms with Crippen molar-refractivity contribution in [2.75, 3.05) is 0 Å². The molecule has 1 aromatic carbocycles. The summed E-state index contributed by atoms with van der Waals surface area (Å²) in [5, 5.41) is 0. The van der Waals surface area contributed by atoms with Crippen LogP contribution in [0.4, 0.5) is 0 Å². The molecule has 0 saturated carbocycles. The highest BCUT2D eigenvalue weighted by Crippen LogP contribution is 2.06. The minimum Gasteiger partial charge on any atom is -0.331 e. The molecule has 64 valence electrons. The Hall–Kier alpha value is -1.09. The van der Waals surface area contributed by atoms with E-state index in [2.05, 4.69) is 9.97 Å². The van der Waals surface area contributed by atoms with Crippen LogP contribution in [0, 0.1) is 4.77 Å². The summed E-state index contributed by atoms with van der Waals surface area (Å²) in [4.78, 5) is 6.04. The number of hydrogen-bond donors (Lipinski definition) is 2. The van der Waals surface area contributed by atoms with Gasteiger partial charge in [-0.05, 0) is 24.4 Å². The summed E-state index contributed by atoms with van der Waals surface area (Å²) in [6.45, 7) is 4.00. The lowest BCUT2D eigenvalue weighted by molar-refractivity contribution is 1.30. The van der Waals surface area contributed by atoms with Gasteiger partial charge in [-0.25, -0.2) is 0 Å². The van der Waals surface area contributed by atoms with Crippen LogP contribution in [0.2, 0.25) is 0 Å². The van der Waals surface area contributed by atoms with E-state index in [-0.39, 0.29) is 0 Å². The predicted octanol–water partition coefficient (Wildman–Crippen LogP) is 3.25. The molecule has 0 radical (unpaired) electrons. The van der Waals surface area contributed by atoms with E-state index in [0.717, 1.165) is 11.0 Å². The number of hydrogen-bond acceptors (Lipinski definition) is 1. The molecule has 2 nitrogen and oxygen atoms in total. The fourth-order valence-corrected chi connectivity index (χ4v) is 1.20. The first kappa shape index (κ1) is 9.00. The lowest BCUT2D eigenvalue weighted by Crippen LogP contribution is -1.63. The van der Waals surface area contributed by atoms with Crippen LogP contribution in [-0.4, -0.2) is 9.97 Å². The third-order valence-electron chi connectivity index (χ3n) is 1.42. The lowest BCUT2D eigenvalue weighted by atomic mass is 10.3. The number of nitrogens with one attached hydrogen (secondary N) is 2. The van der Waals surface area contributed by atoms with Gasteiger partial charge in [0.25, 0.3) is 0 Å². The maximum Gasteiger partial charge on any atom is 0.175 e. The predicted molar refractivity (Wildman–Crippen MR) is 54.8 cm³/mol. The summed E-state index contributed by atoms with van der Waals surface area (Å²) < 4.78 is 0.682. The number of fused-ring (bicyclic) bond motifs is 1. The molecule has 1 heterocycles. The van der Waals surface area contributed by atoms with Crippen molar-refractivity contribution in [3.63, 3.8) is 0 Å². The molecule has 0 fully saturated rings. The van der Waals surface area contributed by atoms with Gasteiger partial charge in [0.2, 0.25) is 0 Å². The summed E-state index contributed by atoms with van der Waals surface area (Å²) in [7, 11) is 0. The molecule has 0 amide bonds. The molecule has 0 aliphatic carbocycles. The molecular formula is C9H12N2S. The van der Waals surface area contributed by atoms with Crippen molar-refractivity contribution >= 4 is 23.3 Å². The molecule has 2 aromatic rings. The van der Waals surface area contributed by atoms with E-state index in [1.54, 1.807) is 0 Å².